The van der Waals surface area contributed by atoms with Gasteiger partial charge >= 0.3 is 0 Å². The molecule has 9 heteroatoms. The Bertz CT molecular complexity index is 1200. The quantitative estimate of drug-likeness (QED) is 0.560. The lowest BCUT2D eigenvalue weighted by molar-refractivity contribution is -0.130. The maximum absolute atomic E-state index is 13.6. The molecule has 3 heterocycles. The molecule has 0 bridgehead atoms. The Labute approximate surface area is 223 Å². The predicted molar refractivity (Wildman–Crippen MR) is 141 cm³/mol. The first-order valence-corrected chi connectivity index (χ1v) is 13.2. The van der Waals surface area contributed by atoms with Gasteiger partial charge in [0, 0.05) is 43.7 Å². The number of hydrogen-bond acceptors (Lipinski definition) is 7. The molecular formula is C29H36N4O5. The highest BCUT2D eigenvalue weighted by Gasteiger charge is 2.35. The van der Waals surface area contributed by atoms with Gasteiger partial charge in [-0.2, -0.15) is 0 Å². The van der Waals surface area contributed by atoms with Crippen molar-refractivity contribution in [2.24, 2.45) is 5.92 Å². The van der Waals surface area contributed by atoms with Gasteiger partial charge in [0.2, 0.25) is 11.8 Å². The van der Waals surface area contributed by atoms with E-state index in [0.29, 0.717) is 31.5 Å². The first kappa shape index (κ1) is 27.6. The summed E-state index contributed by atoms with van der Waals surface area (Å²) in [5.41, 5.74) is 0.626. The Morgan fingerprint density at radius 2 is 2.03 bits per heavy atom. The van der Waals surface area contributed by atoms with Gasteiger partial charge in [-0.05, 0) is 56.4 Å². The van der Waals surface area contributed by atoms with Crippen molar-refractivity contribution in [2.45, 2.75) is 63.7 Å². The Hall–Kier alpha value is -3.48. The number of carbonyl (C=O) groups is 2. The summed E-state index contributed by atoms with van der Waals surface area (Å²) in [4.78, 5) is 38.2. The SMILES string of the molecule is C[C@@H]1CN([C@@H](C)CO)C(=O)c2cc(C#CC3(O)CCCC3)cnc2O[C@H]1CN(C)C(=O)Cc1ccncc1. The molecule has 2 amide bonds. The molecule has 2 aliphatic rings. The molecule has 1 aliphatic heterocycles. The molecule has 0 radical (unpaired) electrons. The molecule has 4 rings (SSSR count). The molecular weight excluding hydrogens is 484 g/mol. The van der Waals surface area contributed by atoms with Crippen molar-refractivity contribution in [1.82, 2.24) is 19.8 Å². The first-order valence-electron chi connectivity index (χ1n) is 13.2. The largest absolute Gasteiger partial charge is 0.472 e. The summed E-state index contributed by atoms with van der Waals surface area (Å²) < 4.78 is 6.28. The van der Waals surface area contributed by atoms with Crippen molar-refractivity contribution in [3.05, 3.63) is 53.5 Å². The summed E-state index contributed by atoms with van der Waals surface area (Å²) in [7, 11) is 1.73. The standard InChI is InChI=1S/C29H36N4O5/c1-20-17-33(21(2)19-34)28(36)24-14-23(6-11-29(37)9-4-5-10-29)16-31-27(24)38-25(20)18-32(3)26(35)15-22-7-12-30-13-8-22/h7-8,12-14,16,20-21,25,34,37H,4-5,9-10,15,17-19H2,1-3H3/t20-,21+,25+/m1/s1. The number of hydrogen-bond donors (Lipinski definition) is 2. The fourth-order valence-corrected chi connectivity index (χ4v) is 4.84. The van der Waals surface area contributed by atoms with E-state index in [-0.39, 0.29) is 42.2 Å². The smallest absolute Gasteiger partial charge is 0.259 e. The van der Waals surface area contributed by atoms with Crippen molar-refractivity contribution < 1.29 is 24.5 Å². The van der Waals surface area contributed by atoms with Crippen LogP contribution in [0.25, 0.3) is 0 Å². The van der Waals surface area contributed by atoms with E-state index in [1.54, 1.807) is 48.4 Å². The van der Waals surface area contributed by atoms with Crippen LogP contribution in [0.5, 0.6) is 5.88 Å². The highest BCUT2D eigenvalue weighted by atomic mass is 16.5. The Kier molecular flexibility index (Phi) is 8.65. The Morgan fingerprint density at radius 1 is 1.32 bits per heavy atom. The van der Waals surface area contributed by atoms with E-state index < -0.39 is 17.7 Å². The van der Waals surface area contributed by atoms with Crippen LogP contribution in [-0.2, 0) is 11.2 Å². The number of likely N-dealkylation sites (N-methyl/N-ethyl adjacent to an activating group) is 1. The Balaban J connectivity index is 1.60. The number of ether oxygens (including phenoxy) is 1. The molecule has 2 N–H and O–H groups in total. The van der Waals surface area contributed by atoms with Gasteiger partial charge in [-0.25, -0.2) is 4.98 Å². The number of aromatic nitrogens is 2. The van der Waals surface area contributed by atoms with Crippen LogP contribution in [0.15, 0.2) is 36.8 Å². The third kappa shape index (κ3) is 6.50. The first-order chi connectivity index (χ1) is 18.2. The molecule has 9 nitrogen and oxygen atoms in total. The fraction of sp³-hybridized carbons (Fsp3) is 0.517. The second kappa shape index (κ2) is 11.9. The minimum atomic E-state index is -1.00. The molecule has 0 unspecified atom stereocenters. The fourth-order valence-electron chi connectivity index (χ4n) is 4.84. The maximum Gasteiger partial charge on any atom is 0.259 e. The second-order valence-electron chi connectivity index (χ2n) is 10.5. The van der Waals surface area contributed by atoms with Gasteiger partial charge in [0.25, 0.3) is 5.91 Å². The van der Waals surface area contributed by atoms with Gasteiger partial charge in [0.1, 0.15) is 17.3 Å². The lowest BCUT2D eigenvalue weighted by Gasteiger charge is -2.37. The summed E-state index contributed by atoms with van der Waals surface area (Å²) in [6.45, 7) is 4.20. The summed E-state index contributed by atoms with van der Waals surface area (Å²) in [5.74, 6) is 5.60. The number of aliphatic hydroxyl groups excluding tert-OH is 1. The molecule has 202 valence electrons. The summed E-state index contributed by atoms with van der Waals surface area (Å²) in [6, 6.07) is 4.84. The summed E-state index contributed by atoms with van der Waals surface area (Å²) >= 11 is 0. The number of aliphatic hydroxyl groups is 2. The lowest BCUT2D eigenvalue weighted by Crippen LogP contribution is -2.50. The van der Waals surface area contributed by atoms with Gasteiger partial charge in [-0.1, -0.05) is 18.8 Å². The lowest BCUT2D eigenvalue weighted by atomic mass is 9.99. The molecule has 0 spiro atoms. The van der Waals surface area contributed by atoms with E-state index in [4.69, 9.17) is 4.74 Å². The van der Waals surface area contributed by atoms with Crippen LogP contribution in [0.4, 0.5) is 0 Å². The third-order valence-corrected chi connectivity index (χ3v) is 7.38. The van der Waals surface area contributed by atoms with Crippen LogP contribution in [-0.4, -0.2) is 86.3 Å². The average molecular weight is 521 g/mol. The molecule has 1 aliphatic carbocycles. The van der Waals surface area contributed by atoms with Gasteiger partial charge < -0.3 is 24.7 Å². The van der Waals surface area contributed by atoms with Crippen LogP contribution in [0.3, 0.4) is 0 Å². The molecule has 1 fully saturated rings. The van der Waals surface area contributed by atoms with E-state index in [9.17, 15) is 19.8 Å². The monoisotopic (exact) mass is 520 g/mol. The zero-order chi connectivity index (χ0) is 27.3. The molecule has 2 aromatic heterocycles. The van der Waals surface area contributed by atoms with E-state index in [1.807, 2.05) is 19.1 Å². The topological polar surface area (TPSA) is 116 Å². The normalized spacial score (nSPS) is 21.3. The minimum absolute atomic E-state index is 0.0608. The molecule has 0 saturated heterocycles. The highest BCUT2D eigenvalue weighted by molar-refractivity contribution is 5.97. The number of rotatable bonds is 6. The average Bonchev–Trinajstić information content (AvgIpc) is 3.36. The van der Waals surface area contributed by atoms with Crippen molar-refractivity contribution in [1.29, 1.82) is 0 Å². The van der Waals surface area contributed by atoms with E-state index in [0.717, 1.165) is 18.4 Å². The van der Waals surface area contributed by atoms with Gasteiger partial charge in [-0.3, -0.25) is 14.6 Å². The van der Waals surface area contributed by atoms with Crippen molar-refractivity contribution in [3.8, 4) is 17.7 Å². The van der Waals surface area contributed by atoms with E-state index in [2.05, 4.69) is 21.8 Å². The van der Waals surface area contributed by atoms with Crippen LogP contribution < -0.4 is 4.74 Å². The van der Waals surface area contributed by atoms with Gasteiger partial charge in [-0.15, -0.1) is 0 Å². The predicted octanol–water partition coefficient (Wildman–Crippen LogP) is 2.05. The Morgan fingerprint density at radius 3 is 2.71 bits per heavy atom. The number of nitrogens with zero attached hydrogens (tertiary/aromatic N) is 4. The van der Waals surface area contributed by atoms with Crippen LogP contribution >= 0.6 is 0 Å². The highest BCUT2D eigenvalue weighted by Crippen LogP contribution is 2.30. The van der Waals surface area contributed by atoms with Crippen LogP contribution in [0.1, 0.15) is 61.0 Å². The maximum atomic E-state index is 13.6. The molecule has 2 aromatic rings. The molecule has 0 aromatic carbocycles. The minimum Gasteiger partial charge on any atom is -0.472 e. The number of carbonyl (C=O) groups excluding carboxylic acids is 2. The number of fused-ring (bicyclic) bond motifs is 1. The van der Waals surface area contributed by atoms with Gasteiger partial charge in [0.15, 0.2) is 0 Å². The zero-order valence-corrected chi connectivity index (χ0v) is 22.3. The molecule has 38 heavy (non-hydrogen) atoms. The zero-order valence-electron chi connectivity index (χ0n) is 22.3. The summed E-state index contributed by atoms with van der Waals surface area (Å²) in [5, 5.41) is 20.5. The van der Waals surface area contributed by atoms with Crippen LogP contribution in [0.2, 0.25) is 0 Å². The second-order valence-corrected chi connectivity index (χ2v) is 10.5. The summed E-state index contributed by atoms with van der Waals surface area (Å²) in [6.07, 6.45) is 7.81. The molecule has 1 saturated carbocycles. The molecule has 3 atom stereocenters. The van der Waals surface area contributed by atoms with E-state index in [1.165, 1.54) is 0 Å². The van der Waals surface area contributed by atoms with Crippen molar-refractivity contribution in [2.75, 3.05) is 26.7 Å². The van der Waals surface area contributed by atoms with Crippen LogP contribution in [0, 0.1) is 17.8 Å². The number of pyridine rings is 2. The van der Waals surface area contributed by atoms with Crippen molar-refractivity contribution in [3.63, 3.8) is 0 Å². The van der Waals surface area contributed by atoms with Gasteiger partial charge in [0.05, 0.1) is 25.6 Å². The van der Waals surface area contributed by atoms with E-state index >= 15 is 0 Å². The third-order valence-electron chi connectivity index (χ3n) is 7.38. The van der Waals surface area contributed by atoms with Crippen molar-refractivity contribution >= 4 is 11.8 Å². The number of amides is 2.